The van der Waals surface area contributed by atoms with Crippen LogP contribution in [0, 0.1) is 5.41 Å². The van der Waals surface area contributed by atoms with Gasteiger partial charge in [0, 0.05) is 24.6 Å². The fourth-order valence-corrected chi connectivity index (χ4v) is 4.00. The van der Waals surface area contributed by atoms with Crippen molar-refractivity contribution in [1.29, 1.82) is 0 Å². The Hall–Kier alpha value is -1.23. The van der Waals surface area contributed by atoms with Crippen molar-refractivity contribution in [2.45, 2.75) is 52.3 Å². The van der Waals surface area contributed by atoms with Gasteiger partial charge in [0.25, 0.3) is 0 Å². The van der Waals surface area contributed by atoms with E-state index < -0.39 is 0 Å². The van der Waals surface area contributed by atoms with Crippen molar-refractivity contribution in [2.75, 3.05) is 6.61 Å². The van der Waals surface area contributed by atoms with Crippen molar-refractivity contribution in [2.24, 2.45) is 5.41 Å². The first-order valence-corrected chi connectivity index (χ1v) is 9.26. The first kappa shape index (κ1) is 16.6. The molecular weight excluding hydrogens is 304 g/mol. The fourth-order valence-electron chi connectivity index (χ4n) is 3.10. The Kier molecular flexibility index (Phi) is 5.14. The van der Waals surface area contributed by atoms with Gasteiger partial charge < -0.3 is 10.1 Å². The van der Waals surface area contributed by atoms with E-state index in [4.69, 9.17) is 9.72 Å². The number of thiazole rings is 1. The molecule has 1 aromatic carbocycles. The van der Waals surface area contributed by atoms with Crippen LogP contribution in [0.4, 0.5) is 0 Å². The van der Waals surface area contributed by atoms with Crippen LogP contribution in [0.5, 0.6) is 0 Å². The molecule has 1 aliphatic rings. The SMILES string of the molecule is CC(C)(C)[C@H](NCc1csc([C@@H]2CCCO2)n1)c1ccccc1. The molecule has 0 unspecified atom stereocenters. The van der Waals surface area contributed by atoms with Crippen LogP contribution in [0.2, 0.25) is 0 Å². The van der Waals surface area contributed by atoms with Gasteiger partial charge in [-0.15, -0.1) is 11.3 Å². The van der Waals surface area contributed by atoms with Gasteiger partial charge in [0.1, 0.15) is 11.1 Å². The summed E-state index contributed by atoms with van der Waals surface area (Å²) in [6, 6.07) is 11.0. The molecule has 2 atom stereocenters. The molecular formula is C19H26N2OS. The third kappa shape index (κ3) is 4.19. The molecule has 1 saturated heterocycles. The number of benzene rings is 1. The van der Waals surface area contributed by atoms with E-state index in [2.05, 4.69) is 61.8 Å². The number of nitrogens with zero attached hydrogens (tertiary/aromatic N) is 1. The van der Waals surface area contributed by atoms with Gasteiger partial charge in [0.05, 0.1) is 5.69 Å². The van der Waals surface area contributed by atoms with Crippen LogP contribution in [-0.4, -0.2) is 11.6 Å². The molecule has 1 aromatic heterocycles. The molecule has 0 spiro atoms. The highest BCUT2D eigenvalue weighted by atomic mass is 32.1. The molecule has 0 radical (unpaired) electrons. The summed E-state index contributed by atoms with van der Waals surface area (Å²) < 4.78 is 5.73. The summed E-state index contributed by atoms with van der Waals surface area (Å²) in [7, 11) is 0. The molecule has 1 fully saturated rings. The maximum absolute atomic E-state index is 5.73. The van der Waals surface area contributed by atoms with Gasteiger partial charge in [0.2, 0.25) is 0 Å². The summed E-state index contributed by atoms with van der Waals surface area (Å²) in [6.07, 6.45) is 2.48. The Morgan fingerprint density at radius 2 is 2.09 bits per heavy atom. The lowest BCUT2D eigenvalue weighted by molar-refractivity contribution is 0.111. The van der Waals surface area contributed by atoms with Crippen LogP contribution in [0.25, 0.3) is 0 Å². The lowest BCUT2D eigenvalue weighted by atomic mass is 9.82. The third-order valence-electron chi connectivity index (χ3n) is 4.26. The summed E-state index contributed by atoms with van der Waals surface area (Å²) in [5.74, 6) is 0. The largest absolute Gasteiger partial charge is 0.371 e. The monoisotopic (exact) mass is 330 g/mol. The number of aromatic nitrogens is 1. The molecule has 0 saturated carbocycles. The highest BCUT2D eigenvalue weighted by Gasteiger charge is 2.26. The second-order valence-electron chi connectivity index (χ2n) is 7.27. The van der Waals surface area contributed by atoms with Gasteiger partial charge in [-0.1, -0.05) is 51.1 Å². The Morgan fingerprint density at radius 3 is 2.74 bits per heavy atom. The van der Waals surface area contributed by atoms with Crippen molar-refractivity contribution in [3.05, 3.63) is 52.0 Å². The molecule has 0 aliphatic carbocycles. The summed E-state index contributed by atoms with van der Waals surface area (Å²) >= 11 is 1.73. The zero-order valence-corrected chi connectivity index (χ0v) is 15.0. The fraction of sp³-hybridized carbons (Fsp3) is 0.526. The van der Waals surface area contributed by atoms with Crippen LogP contribution in [-0.2, 0) is 11.3 Å². The summed E-state index contributed by atoms with van der Waals surface area (Å²) in [5, 5.41) is 6.99. The summed E-state index contributed by atoms with van der Waals surface area (Å²) in [5.41, 5.74) is 2.59. The topological polar surface area (TPSA) is 34.1 Å². The maximum atomic E-state index is 5.73. The quantitative estimate of drug-likeness (QED) is 0.849. The van der Waals surface area contributed by atoms with E-state index in [-0.39, 0.29) is 11.5 Å². The number of rotatable bonds is 5. The molecule has 23 heavy (non-hydrogen) atoms. The molecule has 3 nitrogen and oxygen atoms in total. The third-order valence-corrected chi connectivity index (χ3v) is 5.25. The molecule has 0 bridgehead atoms. The second-order valence-corrected chi connectivity index (χ2v) is 8.16. The predicted molar refractivity (Wildman–Crippen MR) is 95.5 cm³/mol. The van der Waals surface area contributed by atoms with Crippen molar-refractivity contribution >= 4 is 11.3 Å². The minimum Gasteiger partial charge on any atom is -0.371 e. The van der Waals surface area contributed by atoms with E-state index in [9.17, 15) is 0 Å². The minimum absolute atomic E-state index is 0.148. The average Bonchev–Trinajstić information content (AvgIpc) is 3.18. The van der Waals surface area contributed by atoms with Crippen LogP contribution < -0.4 is 5.32 Å². The standard InChI is InChI=1S/C19H26N2OS/c1-19(2,3)17(14-8-5-4-6-9-14)20-12-15-13-23-18(21-15)16-10-7-11-22-16/h4-6,8-9,13,16-17,20H,7,10-12H2,1-3H3/t16-,17+/m0/s1. The lowest BCUT2D eigenvalue weighted by Crippen LogP contribution is -2.32. The number of hydrogen-bond acceptors (Lipinski definition) is 4. The van der Waals surface area contributed by atoms with Crippen molar-refractivity contribution in [1.82, 2.24) is 10.3 Å². The van der Waals surface area contributed by atoms with E-state index in [1.165, 1.54) is 5.56 Å². The van der Waals surface area contributed by atoms with Crippen LogP contribution in [0.3, 0.4) is 0 Å². The van der Waals surface area contributed by atoms with Gasteiger partial charge in [0.15, 0.2) is 0 Å². The Bertz CT molecular complexity index is 612. The van der Waals surface area contributed by atoms with Crippen LogP contribution >= 0.6 is 11.3 Å². The summed E-state index contributed by atoms with van der Waals surface area (Å²) in [6.45, 7) is 8.49. The normalized spacial score (nSPS) is 19.9. The van der Waals surface area contributed by atoms with Crippen LogP contribution in [0.1, 0.15) is 62.0 Å². The van der Waals surface area contributed by atoms with Gasteiger partial charge in [-0.3, -0.25) is 0 Å². The van der Waals surface area contributed by atoms with E-state index in [1.807, 2.05) is 0 Å². The lowest BCUT2D eigenvalue weighted by Gasteiger charge is -2.32. The Balaban J connectivity index is 1.67. The highest BCUT2D eigenvalue weighted by Crippen LogP contribution is 2.34. The van der Waals surface area contributed by atoms with E-state index in [0.717, 1.165) is 36.7 Å². The maximum Gasteiger partial charge on any atom is 0.122 e. The van der Waals surface area contributed by atoms with Gasteiger partial charge in [-0.05, 0) is 23.8 Å². The van der Waals surface area contributed by atoms with Crippen LogP contribution in [0.15, 0.2) is 35.7 Å². The Morgan fingerprint density at radius 1 is 1.30 bits per heavy atom. The second kappa shape index (κ2) is 7.12. The summed E-state index contributed by atoms with van der Waals surface area (Å²) in [4.78, 5) is 4.77. The van der Waals surface area contributed by atoms with Crippen molar-refractivity contribution in [3.8, 4) is 0 Å². The van der Waals surface area contributed by atoms with E-state index >= 15 is 0 Å². The first-order chi connectivity index (χ1) is 11.0. The number of hydrogen-bond donors (Lipinski definition) is 1. The van der Waals surface area contributed by atoms with Gasteiger partial charge in [-0.2, -0.15) is 0 Å². The molecule has 2 aromatic rings. The molecule has 3 rings (SSSR count). The van der Waals surface area contributed by atoms with E-state index in [0.29, 0.717) is 6.04 Å². The number of nitrogens with one attached hydrogen (secondary N) is 1. The van der Waals surface area contributed by atoms with Crippen molar-refractivity contribution in [3.63, 3.8) is 0 Å². The minimum atomic E-state index is 0.148. The van der Waals surface area contributed by atoms with Gasteiger partial charge in [-0.25, -0.2) is 4.98 Å². The molecule has 1 N–H and O–H groups in total. The molecule has 1 aliphatic heterocycles. The zero-order valence-electron chi connectivity index (χ0n) is 14.2. The molecule has 124 valence electrons. The zero-order chi connectivity index (χ0) is 16.3. The smallest absolute Gasteiger partial charge is 0.122 e. The Labute approximate surface area is 143 Å². The first-order valence-electron chi connectivity index (χ1n) is 8.38. The van der Waals surface area contributed by atoms with Crippen molar-refractivity contribution < 1.29 is 4.74 Å². The van der Waals surface area contributed by atoms with Gasteiger partial charge >= 0.3 is 0 Å². The molecule has 2 heterocycles. The predicted octanol–water partition coefficient (Wildman–Crippen LogP) is 4.87. The molecule has 0 amide bonds. The van der Waals surface area contributed by atoms with E-state index in [1.54, 1.807) is 11.3 Å². The molecule has 4 heteroatoms. The number of ether oxygens (including phenoxy) is 1. The average molecular weight is 330 g/mol. The highest BCUT2D eigenvalue weighted by molar-refractivity contribution is 7.09.